The Labute approximate surface area is 184 Å². The Morgan fingerprint density at radius 3 is 2.65 bits per heavy atom. The molecular weight excluding hydrogens is 438 g/mol. The van der Waals surface area contributed by atoms with Crippen LogP contribution in [0.1, 0.15) is 11.9 Å². The normalized spacial score (nSPS) is 16.8. The van der Waals surface area contributed by atoms with Gasteiger partial charge in [-0.25, -0.2) is 8.42 Å². The van der Waals surface area contributed by atoms with Gasteiger partial charge in [0.15, 0.2) is 16.4 Å². The molecule has 1 saturated heterocycles. The van der Waals surface area contributed by atoms with Crippen molar-refractivity contribution in [3.05, 3.63) is 60.5 Å². The van der Waals surface area contributed by atoms with Crippen molar-refractivity contribution in [1.82, 2.24) is 15.0 Å². The number of thioether (sulfide) groups is 1. The largest absolute Gasteiger partial charge is 0.484 e. The van der Waals surface area contributed by atoms with E-state index >= 15 is 0 Å². The molecule has 31 heavy (non-hydrogen) atoms. The van der Waals surface area contributed by atoms with Crippen LogP contribution in [0.15, 0.2) is 64.0 Å². The number of nitrogens with zero attached hydrogens (tertiary/aromatic N) is 3. The van der Waals surface area contributed by atoms with Crippen LogP contribution in [0.25, 0.3) is 11.4 Å². The van der Waals surface area contributed by atoms with Crippen molar-refractivity contribution in [3.63, 3.8) is 0 Å². The van der Waals surface area contributed by atoms with Crippen molar-refractivity contribution in [2.24, 2.45) is 0 Å². The van der Waals surface area contributed by atoms with Crippen molar-refractivity contribution in [2.75, 3.05) is 30.9 Å². The van der Waals surface area contributed by atoms with Gasteiger partial charge >= 0.3 is 0 Å². The number of ether oxygens (including phenoxy) is 1. The van der Waals surface area contributed by atoms with Gasteiger partial charge in [-0.05, 0) is 36.4 Å². The molecular formula is C21H21N3O5S2. The summed E-state index contributed by atoms with van der Waals surface area (Å²) in [4.78, 5) is 19.2. The fourth-order valence-electron chi connectivity index (χ4n) is 3.19. The molecule has 1 aliphatic rings. The monoisotopic (exact) mass is 459 g/mol. The van der Waals surface area contributed by atoms with Gasteiger partial charge in [-0.1, -0.05) is 23.4 Å². The fourth-order valence-corrected chi connectivity index (χ4v) is 4.86. The molecule has 0 bridgehead atoms. The SMILES string of the molecule is CS(=O)(=O)c1ccc(-c2noc(C3CSCCN3C(=O)COc3ccccc3)n2)cc1. The van der Waals surface area contributed by atoms with E-state index in [2.05, 4.69) is 10.1 Å². The van der Waals surface area contributed by atoms with Gasteiger partial charge in [-0.2, -0.15) is 16.7 Å². The molecule has 1 atom stereocenters. The number of sulfone groups is 1. The highest BCUT2D eigenvalue weighted by Crippen LogP contribution is 2.30. The molecule has 0 N–H and O–H groups in total. The van der Waals surface area contributed by atoms with Crippen LogP contribution in [0.5, 0.6) is 5.75 Å². The minimum Gasteiger partial charge on any atom is -0.484 e. The van der Waals surface area contributed by atoms with Crippen LogP contribution in [0.4, 0.5) is 0 Å². The van der Waals surface area contributed by atoms with Gasteiger partial charge in [0.1, 0.15) is 11.8 Å². The molecule has 2 aromatic carbocycles. The molecule has 1 unspecified atom stereocenters. The molecule has 0 spiro atoms. The van der Waals surface area contributed by atoms with E-state index in [9.17, 15) is 13.2 Å². The molecule has 8 nitrogen and oxygen atoms in total. The first-order valence-corrected chi connectivity index (χ1v) is 12.7. The molecule has 1 aromatic heterocycles. The molecule has 0 radical (unpaired) electrons. The number of amides is 1. The Hall–Kier alpha value is -2.85. The van der Waals surface area contributed by atoms with Crippen LogP contribution in [0, 0.1) is 0 Å². The summed E-state index contributed by atoms with van der Waals surface area (Å²) >= 11 is 1.71. The van der Waals surface area contributed by atoms with Gasteiger partial charge in [-0.3, -0.25) is 4.79 Å². The zero-order chi connectivity index (χ0) is 21.8. The lowest BCUT2D eigenvalue weighted by atomic mass is 10.2. The maximum absolute atomic E-state index is 12.8. The molecule has 162 valence electrons. The highest BCUT2D eigenvalue weighted by Gasteiger charge is 2.33. The van der Waals surface area contributed by atoms with Gasteiger partial charge in [0, 0.05) is 29.9 Å². The van der Waals surface area contributed by atoms with E-state index in [1.807, 2.05) is 18.2 Å². The first kappa shape index (κ1) is 21.4. The molecule has 0 aliphatic carbocycles. The number of para-hydroxylation sites is 1. The minimum absolute atomic E-state index is 0.0703. The smallest absolute Gasteiger partial charge is 0.261 e. The molecule has 10 heteroatoms. The van der Waals surface area contributed by atoms with Crippen LogP contribution < -0.4 is 4.74 Å². The summed E-state index contributed by atoms with van der Waals surface area (Å²) in [5.41, 5.74) is 0.635. The highest BCUT2D eigenvalue weighted by molar-refractivity contribution is 7.99. The Balaban J connectivity index is 1.48. The van der Waals surface area contributed by atoms with Crippen LogP contribution in [-0.4, -0.2) is 60.3 Å². The number of carbonyl (C=O) groups is 1. The number of hydrogen-bond acceptors (Lipinski definition) is 8. The van der Waals surface area contributed by atoms with E-state index < -0.39 is 9.84 Å². The van der Waals surface area contributed by atoms with E-state index in [0.29, 0.717) is 35.3 Å². The number of rotatable bonds is 6. The second kappa shape index (κ2) is 9.11. The van der Waals surface area contributed by atoms with Crippen LogP contribution in [0.2, 0.25) is 0 Å². The maximum Gasteiger partial charge on any atom is 0.261 e. The molecule has 3 aromatic rings. The van der Waals surface area contributed by atoms with Crippen molar-refractivity contribution < 1.29 is 22.5 Å². The quantitative estimate of drug-likeness (QED) is 0.554. The predicted molar refractivity (Wildman–Crippen MR) is 117 cm³/mol. The lowest BCUT2D eigenvalue weighted by Crippen LogP contribution is -2.43. The lowest BCUT2D eigenvalue weighted by Gasteiger charge is -2.32. The van der Waals surface area contributed by atoms with Gasteiger partial charge in [-0.15, -0.1) is 0 Å². The van der Waals surface area contributed by atoms with Crippen LogP contribution >= 0.6 is 11.8 Å². The number of benzene rings is 2. The first-order valence-electron chi connectivity index (χ1n) is 9.61. The molecule has 2 heterocycles. The van der Waals surface area contributed by atoms with Crippen LogP contribution in [-0.2, 0) is 14.6 Å². The second-order valence-electron chi connectivity index (χ2n) is 7.03. The van der Waals surface area contributed by atoms with Crippen molar-refractivity contribution >= 4 is 27.5 Å². The zero-order valence-corrected chi connectivity index (χ0v) is 18.4. The summed E-state index contributed by atoms with van der Waals surface area (Å²) in [6, 6.07) is 15.1. The van der Waals surface area contributed by atoms with Gasteiger partial charge in [0.2, 0.25) is 5.82 Å². The standard InChI is InChI=1S/C21H21N3O5S2/c1-31(26,27)17-9-7-15(8-10-17)20-22-21(29-23-20)18-14-30-12-11-24(18)19(25)13-28-16-5-3-2-4-6-16/h2-10,18H,11-14H2,1H3. The van der Waals surface area contributed by atoms with Gasteiger partial charge in [0.05, 0.1) is 4.90 Å². The Kier molecular flexibility index (Phi) is 6.28. The third kappa shape index (κ3) is 5.08. The summed E-state index contributed by atoms with van der Waals surface area (Å²) < 4.78 is 34.3. The Morgan fingerprint density at radius 1 is 1.19 bits per heavy atom. The fraction of sp³-hybridized carbons (Fsp3) is 0.286. The molecule has 1 aliphatic heterocycles. The summed E-state index contributed by atoms with van der Waals surface area (Å²) in [7, 11) is -3.28. The molecule has 0 saturated carbocycles. The van der Waals surface area contributed by atoms with E-state index in [0.717, 1.165) is 12.0 Å². The summed E-state index contributed by atoms with van der Waals surface area (Å²) in [6.45, 7) is 0.492. The third-order valence-corrected chi connectivity index (χ3v) is 6.97. The minimum atomic E-state index is -3.28. The second-order valence-corrected chi connectivity index (χ2v) is 10.2. The van der Waals surface area contributed by atoms with E-state index in [-0.39, 0.29) is 23.5 Å². The first-order chi connectivity index (χ1) is 14.9. The topological polar surface area (TPSA) is 103 Å². The number of aromatic nitrogens is 2. The summed E-state index contributed by atoms with van der Waals surface area (Å²) in [5.74, 6) is 2.65. The predicted octanol–water partition coefficient (Wildman–Crippen LogP) is 2.84. The average molecular weight is 460 g/mol. The van der Waals surface area contributed by atoms with Crippen molar-refractivity contribution in [3.8, 4) is 17.1 Å². The van der Waals surface area contributed by atoms with Crippen molar-refractivity contribution in [2.45, 2.75) is 10.9 Å². The highest BCUT2D eigenvalue weighted by atomic mass is 32.2. The van der Waals surface area contributed by atoms with Gasteiger partial charge in [0.25, 0.3) is 11.8 Å². The summed E-state index contributed by atoms with van der Waals surface area (Å²) in [6.07, 6.45) is 1.16. The molecule has 1 fully saturated rings. The Morgan fingerprint density at radius 2 is 1.94 bits per heavy atom. The van der Waals surface area contributed by atoms with E-state index in [4.69, 9.17) is 9.26 Å². The number of carbonyl (C=O) groups excluding carboxylic acids is 1. The lowest BCUT2D eigenvalue weighted by molar-refractivity contribution is -0.135. The molecule has 4 rings (SSSR count). The van der Waals surface area contributed by atoms with Gasteiger partial charge < -0.3 is 14.2 Å². The number of hydrogen-bond donors (Lipinski definition) is 0. The zero-order valence-electron chi connectivity index (χ0n) is 16.8. The average Bonchev–Trinajstić information content (AvgIpc) is 3.28. The van der Waals surface area contributed by atoms with E-state index in [1.54, 1.807) is 40.9 Å². The molecule has 1 amide bonds. The summed E-state index contributed by atoms with van der Waals surface area (Å²) in [5, 5.41) is 4.03. The van der Waals surface area contributed by atoms with E-state index in [1.165, 1.54) is 12.1 Å². The maximum atomic E-state index is 12.8. The van der Waals surface area contributed by atoms with Crippen molar-refractivity contribution in [1.29, 1.82) is 0 Å². The Bertz CT molecular complexity index is 1150. The van der Waals surface area contributed by atoms with Crippen LogP contribution in [0.3, 0.4) is 0 Å². The third-order valence-electron chi connectivity index (χ3n) is 4.82.